The normalized spacial score (nSPS) is 11.9. The van der Waals surface area contributed by atoms with Gasteiger partial charge in [0.05, 0.1) is 16.3 Å². The average molecular weight is 612 g/mol. The SMILES string of the molecule is CC(C)N(C(=O)OC(C)(C)C)c1ncc(-c2cc(-c3ccccc3CNC(=O)OC(C)(C)C)nc(NCCN(C)C)n2)s1. The van der Waals surface area contributed by atoms with Crippen molar-refractivity contribution in [3.8, 4) is 21.8 Å². The molecular weight excluding hydrogens is 566 g/mol. The first kappa shape index (κ1) is 33.7. The minimum atomic E-state index is -0.634. The van der Waals surface area contributed by atoms with Gasteiger partial charge in [-0.2, -0.15) is 0 Å². The van der Waals surface area contributed by atoms with Crippen LogP contribution in [0.2, 0.25) is 0 Å². The molecule has 12 heteroatoms. The number of alkyl carbamates (subject to hydrolysis) is 1. The third kappa shape index (κ3) is 10.5. The van der Waals surface area contributed by atoms with Crippen molar-refractivity contribution < 1.29 is 19.1 Å². The van der Waals surface area contributed by atoms with Gasteiger partial charge in [-0.05, 0) is 81.1 Å². The van der Waals surface area contributed by atoms with Gasteiger partial charge in [0.2, 0.25) is 5.95 Å². The summed E-state index contributed by atoms with van der Waals surface area (Å²) in [6.07, 6.45) is 0.767. The highest BCUT2D eigenvalue weighted by molar-refractivity contribution is 7.19. The van der Waals surface area contributed by atoms with Crippen molar-refractivity contribution in [2.24, 2.45) is 0 Å². The minimum Gasteiger partial charge on any atom is -0.444 e. The van der Waals surface area contributed by atoms with Gasteiger partial charge in [0.25, 0.3) is 0 Å². The number of carbonyl (C=O) groups is 2. The zero-order valence-corrected chi connectivity index (χ0v) is 27.8. The van der Waals surface area contributed by atoms with Crippen LogP contribution < -0.4 is 15.5 Å². The Hall–Kier alpha value is -3.77. The third-order valence-electron chi connectivity index (χ3n) is 5.74. The Morgan fingerprint density at radius 3 is 2.26 bits per heavy atom. The van der Waals surface area contributed by atoms with E-state index in [1.54, 1.807) is 11.1 Å². The van der Waals surface area contributed by atoms with Gasteiger partial charge < -0.3 is 25.0 Å². The number of benzene rings is 1. The number of amides is 2. The molecule has 0 aliphatic heterocycles. The van der Waals surface area contributed by atoms with E-state index < -0.39 is 23.4 Å². The Bertz CT molecular complexity index is 1390. The quantitative estimate of drug-likeness (QED) is 0.268. The van der Waals surface area contributed by atoms with Crippen LogP contribution in [0.15, 0.2) is 36.5 Å². The Morgan fingerprint density at radius 2 is 1.63 bits per heavy atom. The van der Waals surface area contributed by atoms with Crippen molar-refractivity contribution in [1.82, 2.24) is 25.2 Å². The van der Waals surface area contributed by atoms with Crippen LogP contribution in [0.25, 0.3) is 21.8 Å². The summed E-state index contributed by atoms with van der Waals surface area (Å²) >= 11 is 1.36. The van der Waals surface area contributed by atoms with Gasteiger partial charge in [0.15, 0.2) is 5.13 Å². The number of nitrogens with one attached hydrogen (secondary N) is 2. The Kier molecular flexibility index (Phi) is 11.1. The number of ether oxygens (including phenoxy) is 2. The summed E-state index contributed by atoms with van der Waals surface area (Å²) in [5, 5.41) is 6.69. The molecule has 2 aromatic heterocycles. The van der Waals surface area contributed by atoms with Crippen LogP contribution in [0.4, 0.5) is 20.7 Å². The first-order valence-corrected chi connectivity index (χ1v) is 15.2. The molecule has 0 atom stereocenters. The molecular formula is C31H45N7O4S. The first-order valence-electron chi connectivity index (χ1n) is 14.3. The molecule has 234 valence electrons. The van der Waals surface area contributed by atoms with E-state index in [0.29, 0.717) is 29.0 Å². The maximum Gasteiger partial charge on any atom is 0.416 e. The molecule has 0 saturated carbocycles. The standard InChI is InChI=1S/C31H45N7O4S/c1-20(2)38(29(40)42-31(6,7)8)27-33-19-25(43-27)24-17-23(35-26(36-24)32-15-16-37(9)10)22-14-12-11-13-21(22)18-34-28(39)41-30(3,4)5/h11-14,17,19-20H,15-16,18H2,1-10H3,(H,34,39)(H,32,35,36). The molecule has 0 spiro atoms. The van der Waals surface area contributed by atoms with Crippen LogP contribution in [0.1, 0.15) is 61.0 Å². The van der Waals surface area contributed by atoms with E-state index in [2.05, 4.69) is 20.5 Å². The number of likely N-dealkylation sites (N-methyl/N-ethyl adjacent to an activating group) is 1. The van der Waals surface area contributed by atoms with Gasteiger partial charge in [-0.1, -0.05) is 35.6 Å². The molecule has 3 rings (SSSR count). The van der Waals surface area contributed by atoms with E-state index in [1.807, 2.05) is 99.8 Å². The number of aromatic nitrogens is 3. The average Bonchev–Trinajstić information content (AvgIpc) is 3.34. The number of rotatable bonds is 10. The molecule has 2 amide bonds. The summed E-state index contributed by atoms with van der Waals surface area (Å²) in [4.78, 5) is 44.0. The zero-order chi connectivity index (χ0) is 31.9. The second kappa shape index (κ2) is 14.1. The second-order valence-electron chi connectivity index (χ2n) is 12.7. The predicted molar refractivity (Wildman–Crippen MR) is 173 cm³/mol. The van der Waals surface area contributed by atoms with Crippen molar-refractivity contribution in [2.75, 3.05) is 37.4 Å². The number of hydrogen-bond acceptors (Lipinski definition) is 10. The number of anilines is 2. The number of nitrogens with zero attached hydrogens (tertiary/aromatic N) is 5. The van der Waals surface area contributed by atoms with E-state index in [1.165, 1.54) is 11.3 Å². The van der Waals surface area contributed by atoms with Gasteiger partial charge >= 0.3 is 12.2 Å². The topological polar surface area (TPSA) is 122 Å². The molecule has 0 unspecified atom stereocenters. The summed E-state index contributed by atoms with van der Waals surface area (Å²) < 4.78 is 11.1. The minimum absolute atomic E-state index is 0.164. The second-order valence-corrected chi connectivity index (χ2v) is 13.7. The van der Waals surface area contributed by atoms with Crippen LogP contribution in [0.3, 0.4) is 0 Å². The fraction of sp³-hybridized carbons (Fsp3) is 0.516. The monoisotopic (exact) mass is 611 g/mol. The fourth-order valence-electron chi connectivity index (χ4n) is 3.90. The first-order chi connectivity index (χ1) is 20.0. The van der Waals surface area contributed by atoms with Crippen LogP contribution in [0.5, 0.6) is 0 Å². The van der Waals surface area contributed by atoms with E-state index in [9.17, 15) is 9.59 Å². The highest BCUT2D eigenvalue weighted by Crippen LogP contribution is 2.34. The molecule has 0 aliphatic rings. The third-order valence-corrected chi connectivity index (χ3v) is 6.76. The molecule has 43 heavy (non-hydrogen) atoms. The van der Waals surface area contributed by atoms with E-state index in [-0.39, 0.29) is 12.6 Å². The maximum atomic E-state index is 13.0. The Labute approximate surface area is 259 Å². The maximum absolute atomic E-state index is 13.0. The number of carbonyl (C=O) groups excluding carboxylic acids is 2. The lowest BCUT2D eigenvalue weighted by atomic mass is 10.0. The lowest BCUT2D eigenvalue weighted by molar-refractivity contribution is 0.0521. The molecule has 0 aliphatic carbocycles. The van der Waals surface area contributed by atoms with E-state index in [0.717, 1.165) is 22.5 Å². The molecule has 0 saturated heterocycles. The summed E-state index contributed by atoms with van der Waals surface area (Å²) in [5.41, 5.74) is 1.83. The van der Waals surface area contributed by atoms with Gasteiger partial charge in [-0.3, -0.25) is 4.90 Å². The van der Waals surface area contributed by atoms with Crippen LogP contribution in [-0.2, 0) is 16.0 Å². The molecule has 2 N–H and O–H groups in total. The molecule has 11 nitrogen and oxygen atoms in total. The summed E-state index contributed by atoms with van der Waals surface area (Å²) in [5.74, 6) is 0.465. The van der Waals surface area contributed by atoms with Gasteiger partial charge in [-0.15, -0.1) is 0 Å². The molecule has 3 aromatic rings. The van der Waals surface area contributed by atoms with Crippen molar-refractivity contribution in [2.45, 2.75) is 79.2 Å². The summed E-state index contributed by atoms with van der Waals surface area (Å²) in [6.45, 7) is 16.5. The van der Waals surface area contributed by atoms with Gasteiger partial charge in [-0.25, -0.2) is 24.5 Å². The number of thiazole rings is 1. The summed E-state index contributed by atoms with van der Waals surface area (Å²) in [7, 11) is 4.00. The van der Waals surface area contributed by atoms with Crippen molar-refractivity contribution in [3.63, 3.8) is 0 Å². The van der Waals surface area contributed by atoms with E-state index >= 15 is 0 Å². The zero-order valence-electron chi connectivity index (χ0n) is 26.9. The van der Waals surface area contributed by atoms with Crippen LogP contribution in [-0.4, -0.2) is 76.5 Å². The predicted octanol–water partition coefficient (Wildman–Crippen LogP) is 6.42. The van der Waals surface area contributed by atoms with Crippen molar-refractivity contribution >= 4 is 34.6 Å². The smallest absolute Gasteiger partial charge is 0.416 e. The Morgan fingerprint density at radius 1 is 0.977 bits per heavy atom. The molecule has 0 radical (unpaired) electrons. The Balaban J connectivity index is 2.00. The van der Waals surface area contributed by atoms with Gasteiger partial charge in [0, 0.05) is 37.4 Å². The highest BCUT2D eigenvalue weighted by Gasteiger charge is 2.28. The number of hydrogen-bond donors (Lipinski definition) is 2. The molecule has 2 heterocycles. The lowest BCUT2D eigenvalue weighted by Crippen LogP contribution is -2.41. The van der Waals surface area contributed by atoms with Gasteiger partial charge in [0.1, 0.15) is 11.2 Å². The van der Waals surface area contributed by atoms with Crippen molar-refractivity contribution in [3.05, 3.63) is 42.1 Å². The summed E-state index contributed by atoms with van der Waals surface area (Å²) in [6, 6.07) is 9.48. The molecule has 1 aromatic carbocycles. The highest BCUT2D eigenvalue weighted by atomic mass is 32.1. The van der Waals surface area contributed by atoms with E-state index in [4.69, 9.17) is 19.4 Å². The fourth-order valence-corrected chi connectivity index (χ4v) is 4.90. The van der Waals surface area contributed by atoms with Crippen LogP contribution in [0, 0.1) is 0 Å². The van der Waals surface area contributed by atoms with Crippen LogP contribution >= 0.6 is 11.3 Å². The van der Waals surface area contributed by atoms with Crippen molar-refractivity contribution in [1.29, 1.82) is 0 Å². The largest absolute Gasteiger partial charge is 0.444 e. The lowest BCUT2D eigenvalue weighted by Gasteiger charge is -2.28. The molecule has 0 bridgehead atoms. The molecule has 0 fully saturated rings.